The van der Waals surface area contributed by atoms with Gasteiger partial charge in [-0.3, -0.25) is 0 Å². The van der Waals surface area contributed by atoms with Gasteiger partial charge in [-0.05, 0) is 80.3 Å². The number of phenolic OH excluding ortho intramolecular Hbond substituents is 2. The molecule has 0 spiro atoms. The number of aromatic hydroxyl groups is 2. The molecule has 1 aromatic heterocycles. The zero-order valence-corrected chi connectivity index (χ0v) is 17.5. The Balaban J connectivity index is 1.65. The van der Waals surface area contributed by atoms with Crippen molar-refractivity contribution in [3.63, 3.8) is 0 Å². The maximum absolute atomic E-state index is 9.86. The van der Waals surface area contributed by atoms with Crippen molar-refractivity contribution < 1.29 is 14.9 Å². The van der Waals surface area contributed by atoms with Crippen LogP contribution >= 0.6 is 0 Å². The highest BCUT2D eigenvalue weighted by Crippen LogP contribution is 2.34. The molecular formula is C25H25N3O3. The van der Waals surface area contributed by atoms with Crippen molar-refractivity contribution in [3.05, 3.63) is 72.8 Å². The molecule has 0 radical (unpaired) electrons. The second-order valence-electron chi connectivity index (χ2n) is 7.61. The van der Waals surface area contributed by atoms with Crippen LogP contribution in [0.15, 0.2) is 72.8 Å². The van der Waals surface area contributed by atoms with E-state index in [4.69, 9.17) is 9.72 Å². The molecule has 4 rings (SSSR count). The van der Waals surface area contributed by atoms with Gasteiger partial charge in [0.25, 0.3) is 0 Å². The Hall–Kier alpha value is -3.77. The molecule has 31 heavy (non-hydrogen) atoms. The van der Waals surface area contributed by atoms with Gasteiger partial charge in [-0.1, -0.05) is 12.1 Å². The van der Waals surface area contributed by atoms with E-state index in [9.17, 15) is 10.2 Å². The number of aromatic nitrogens is 1. The minimum absolute atomic E-state index is 0.191. The van der Waals surface area contributed by atoms with Crippen molar-refractivity contribution in [2.45, 2.75) is 0 Å². The van der Waals surface area contributed by atoms with Gasteiger partial charge in [-0.2, -0.15) is 0 Å². The zero-order valence-electron chi connectivity index (χ0n) is 17.5. The number of pyridine rings is 1. The minimum Gasteiger partial charge on any atom is -0.508 e. The Kier molecular flexibility index (Phi) is 5.91. The van der Waals surface area contributed by atoms with Crippen LogP contribution in [0.25, 0.3) is 22.0 Å². The van der Waals surface area contributed by atoms with Crippen LogP contribution in [0.2, 0.25) is 0 Å². The van der Waals surface area contributed by atoms with Crippen LogP contribution in [0, 0.1) is 0 Å². The van der Waals surface area contributed by atoms with Gasteiger partial charge in [0.1, 0.15) is 29.7 Å². The van der Waals surface area contributed by atoms with E-state index < -0.39 is 0 Å². The van der Waals surface area contributed by atoms with Crippen LogP contribution in [0.5, 0.6) is 17.2 Å². The molecule has 6 nitrogen and oxygen atoms in total. The van der Waals surface area contributed by atoms with Gasteiger partial charge >= 0.3 is 0 Å². The number of hydrogen-bond donors (Lipinski definition) is 3. The van der Waals surface area contributed by atoms with Crippen molar-refractivity contribution in [1.29, 1.82) is 0 Å². The molecule has 3 N–H and O–H groups in total. The third kappa shape index (κ3) is 5.05. The molecule has 0 aliphatic rings. The number of fused-ring (bicyclic) bond motifs is 1. The van der Waals surface area contributed by atoms with Gasteiger partial charge < -0.3 is 25.2 Å². The number of nitrogens with one attached hydrogen (secondary N) is 1. The van der Waals surface area contributed by atoms with Crippen molar-refractivity contribution in [2.75, 3.05) is 32.6 Å². The largest absolute Gasteiger partial charge is 0.508 e. The summed E-state index contributed by atoms with van der Waals surface area (Å²) in [5.74, 6) is 1.89. The molecule has 0 saturated carbocycles. The fourth-order valence-corrected chi connectivity index (χ4v) is 3.24. The molecular weight excluding hydrogens is 390 g/mol. The lowest BCUT2D eigenvalue weighted by Crippen LogP contribution is -2.19. The smallest absolute Gasteiger partial charge is 0.138 e. The fourth-order valence-electron chi connectivity index (χ4n) is 3.24. The summed E-state index contributed by atoms with van der Waals surface area (Å²) in [6.45, 7) is 1.48. The van der Waals surface area contributed by atoms with E-state index in [2.05, 4.69) is 10.2 Å². The summed E-state index contributed by atoms with van der Waals surface area (Å²) >= 11 is 0. The Morgan fingerprint density at radius 1 is 0.871 bits per heavy atom. The molecule has 0 atom stereocenters. The maximum atomic E-state index is 9.86. The predicted octanol–water partition coefficient (Wildman–Crippen LogP) is 5.00. The Bertz CT molecular complexity index is 1170. The van der Waals surface area contributed by atoms with Gasteiger partial charge in [-0.25, -0.2) is 4.98 Å². The van der Waals surface area contributed by atoms with E-state index in [0.29, 0.717) is 12.4 Å². The van der Waals surface area contributed by atoms with Gasteiger partial charge in [-0.15, -0.1) is 0 Å². The maximum Gasteiger partial charge on any atom is 0.138 e. The topological polar surface area (TPSA) is 77.9 Å². The summed E-state index contributed by atoms with van der Waals surface area (Å²) in [5, 5.41) is 23.7. The van der Waals surface area contributed by atoms with Gasteiger partial charge in [0.15, 0.2) is 0 Å². The SMILES string of the molecule is CN(C)CCOc1ccc(Nc2nc3ccc(O)cc3cc2-c2ccc(O)cc2)cc1. The summed E-state index contributed by atoms with van der Waals surface area (Å²) < 4.78 is 5.76. The molecule has 6 heteroatoms. The number of rotatable bonds is 7. The molecule has 0 unspecified atom stereocenters. The molecule has 4 aromatic rings. The molecule has 0 aliphatic carbocycles. The number of ether oxygens (including phenoxy) is 1. The molecule has 0 aliphatic heterocycles. The van der Waals surface area contributed by atoms with E-state index in [-0.39, 0.29) is 11.5 Å². The van der Waals surface area contributed by atoms with E-state index in [1.54, 1.807) is 30.3 Å². The van der Waals surface area contributed by atoms with Crippen molar-refractivity contribution >= 4 is 22.4 Å². The fraction of sp³-hybridized carbons (Fsp3) is 0.160. The average molecular weight is 415 g/mol. The number of benzene rings is 3. The highest BCUT2D eigenvalue weighted by Gasteiger charge is 2.11. The first-order valence-corrected chi connectivity index (χ1v) is 10.1. The summed E-state index contributed by atoms with van der Waals surface area (Å²) in [6.07, 6.45) is 0. The summed E-state index contributed by atoms with van der Waals surface area (Å²) in [5.41, 5.74) is 3.42. The molecule has 1 heterocycles. The number of nitrogens with zero attached hydrogens (tertiary/aromatic N) is 2. The standard InChI is InChI=1S/C25H25N3O3/c1-28(2)13-14-31-22-10-5-19(6-11-22)26-25-23(17-3-7-20(29)8-4-17)16-18-15-21(30)9-12-24(18)27-25/h3-12,15-16,29-30H,13-14H2,1-2H3,(H,26,27). The minimum atomic E-state index is 0.191. The van der Waals surface area contributed by atoms with Crippen LogP contribution in [0.3, 0.4) is 0 Å². The quantitative estimate of drug-likeness (QED) is 0.394. The summed E-state index contributed by atoms with van der Waals surface area (Å²) in [7, 11) is 4.03. The number of phenols is 2. The molecule has 158 valence electrons. The summed E-state index contributed by atoms with van der Waals surface area (Å²) in [6, 6.07) is 21.8. The average Bonchev–Trinajstić information content (AvgIpc) is 2.75. The number of anilines is 2. The van der Waals surface area contributed by atoms with Crippen molar-refractivity contribution in [3.8, 4) is 28.4 Å². The number of hydrogen-bond acceptors (Lipinski definition) is 6. The van der Waals surface area contributed by atoms with E-state index in [0.717, 1.165) is 40.0 Å². The van der Waals surface area contributed by atoms with Crippen molar-refractivity contribution in [1.82, 2.24) is 9.88 Å². The van der Waals surface area contributed by atoms with Crippen LogP contribution in [0.4, 0.5) is 11.5 Å². The van der Waals surface area contributed by atoms with E-state index in [1.165, 1.54) is 0 Å². The zero-order chi connectivity index (χ0) is 21.8. The van der Waals surface area contributed by atoms with E-state index in [1.807, 2.05) is 56.6 Å². The summed E-state index contributed by atoms with van der Waals surface area (Å²) in [4.78, 5) is 6.86. The van der Waals surface area contributed by atoms with Gasteiger partial charge in [0, 0.05) is 23.2 Å². The third-order valence-corrected chi connectivity index (χ3v) is 4.90. The predicted molar refractivity (Wildman–Crippen MR) is 124 cm³/mol. The second-order valence-corrected chi connectivity index (χ2v) is 7.61. The third-order valence-electron chi connectivity index (χ3n) is 4.90. The van der Waals surface area contributed by atoms with Crippen LogP contribution < -0.4 is 10.1 Å². The Labute approximate surface area is 181 Å². The molecule has 0 fully saturated rings. The second kappa shape index (κ2) is 8.93. The highest BCUT2D eigenvalue weighted by atomic mass is 16.5. The lowest BCUT2D eigenvalue weighted by molar-refractivity contribution is 0.261. The highest BCUT2D eigenvalue weighted by molar-refractivity contribution is 5.91. The first-order chi connectivity index (χ1) is 15.0. The van der Waals surface area contributed by atoms with Gasteiger partial charge in [0.2, 0.25) is 0 Å². The molecule has 0 bridgehead atoms. The Morgan fingerprint density at radius 2 is 1.58 bits per heavy atom. The van der Waals surface area contributed by atoms with Gasteiger partial charge in [0.05, 0.1) is 5.52 Å². The molecule has 3 aromatic carbocycles. The lowest BCUT2D eigenvalue weighted by atomic mass is 10.0. The Morgan fingerprint density at radius 3 is 2.29 bits per heavy atom. The van der Waals surface area contributed by atoms with E-state index >= 15 is 0 Å². The monoisotopic (exact) mass is 415 g/mol. The van der Waals surface area contributed by atoms with Crippen LogP contribution in [0.1, 0.15) is 0 Å². The molecule has 0 saturated heterocycles. The number of likely N-dealkylation sites (N-methyl/N-ethyl adjacent to an activating group) is 1. The van der Waals surface area contributed by atoms with Crippen LogP contribution in [-0.4, -0.2) is 47.3 Å². The normalized spacial score (nSPS) is 11.1. The first-order valence-electron chi connectivity index (χ1n) is 10.1. The van der Waals surface area contributed by atoms with Crippen LogP contribution in [-0.2, 0) is 0 Å². The van der Waals surface area contributed by atoms with Crippen molar-refractivity contribution in [2.24, 2.45) is 0 Å². The molecule has 0 amide bonds. The lowest BCUT2D eigenvalue weighted by Gasteiger charge is -2.14. The first kappa shape index (κ1) is 20.5.